The molecule has 4 nitrogen and oxygen atoms in total. The van der Waals surface area contributed by atoms with E-state index in [1.54, 1.807) is 0 Å². The van der Waals surface area contributed by atoms with Crippen molar-refractivity contribution in [3.05, 3.63) is 63.7 Å². The van der Waals surface area contributed by atoms with Crippen LogP contribution < -0.4 is 14.8 Å². The van der Waals surface area contributed by atoms with Crippen LogP contribution in [0.1, 0.15) is 42.5 Å². The molecule has 4 rings (SSSR count). The quantitative estimate of drug-likeness (QED) is 0.259. The molecule has 0 fully saturated rings. The zero-order valence-corrected chi connectivity index (χ0v) is 20.5. The van der Waals surface area contributed by atoms with Crippen LogP contribution in [0.2, 0.25) is 5.02 Å². The van der Waals surface area contributed by atoms with Gasteiger partial charge in [-0.15, -0.1) is 0 Å². The third-order valence-corrected chi connectivity index (χ3v) is 7.20. The highest BCUT2D eigenvalue weighted by molar-refractivity contribution is 7.80. The van der Waals surface area contributed by atoms with Crippen molar-refractivity contribution in [2.75, 3.05) is 5.32 Å². The second-order valence-corrected chi connectivity index (χ2v) is 9.35. The maximum absolute atomic E-state index is 11.6. The number of fused-ring (bicyclic) bond motifs is 2. The summed E-state index contributed by atoms with van der Waals surface area (Å²) in [6.45, 7) is 9.37. The molecule has 166 valence electrons. The minimum Gasteiger partial charge on any atom is -0.480 e. The van der Waals surface area contributed by atoms with E-state index in [1.807, 2.05) is 64.1 Å². The third-order valence-electron chi connectivity index (χ3n) is 6.34. The first-order valence-electron chi connectivity index (χ1n) is 10.6. The van der Waals surface area contributed by atoms with Gasteiger partial charge in [0, 0.05) is 34.0 Å². The highest BCUT2D eigenvalue weighted by atomic mass is 35.5. The van der Waals surface area contributed by atoms with E-state index in [9.17, 15) is 4.79 Å². The van der Waals surface area contributed by atoms with Gasteiger partial charge in [0.25, 0.3) is 0 Å². The molecule has 0 amide bonds. The van der Waals surface area contributed by atoms with E-state index in [-0.39, 0.29) is 5.97 Å². The first-order valence-corrected chi connectivity index (χ1v) is 11.4. The fraction of sp³-hybridized carbons (Fsp3) is 0.308. The van der Waals surface area contributed by atoms with Crippen molar-refractivity contribution in [3.8, 4) is 11.5 Å². The highest BCUT2D eigenvalue weighted by Crippen LogP contribution is 2.44. The lowest BCUT2D eigenvalue weighted by Crippen LogP contribution is -2.47. The number of hydrogen-bond donors (Lipinski definition) is 1. The number of carbonyl (C=O) groups excluding carboxylic acids is 1. The molecule has 0 saturated carbocycles. The Morgan fingerprint density at radius 2 is 1.78 bits per heavy atom. The van der Waals surface area contributed by atoms with Crippen LogP contribution in [-0.4, -0.2) is 16.6 Å². The second-order valence-electron chi connectivity index (χ2n) is 8.53. The number of benzene rings is 3. The van der Waals surface area contributed by atoms with Gasteiger partial charge in [0.2, 0.25) is 0 Å². The molecule has 0 aromatic heterocycles. The van der Waals surface area contributed by atoms with Gasteiger partial charge in [-0.05, 0) is 69.4 Å². The fourth-order valence-electron chi connectivity index (χ4n) is 4.32. The predicted octanol–water partition coefficient (Wildman–Crippen LogP) is 6.87. The highest BCUT2D eigenvalue weighted by Gasteiger charge is 2.38. The fourth-order valence-corrected chi connectivity index (χ4v) is 4.80. The largest absolute Gasteiger partial charge is 0.480 e. The zero-order valence-electron chi connectivity index (χ0n) is 18.9. The summed E-state index contributed by atoms with van der Waals surface area (Å²) in [4.78, 5) is 12.2. The lowest BCUT2D eigenvalue weighted by molar-refractivity contribution is -0.132. The standard InChI is InChI=1S/C26H26ClNO3S/c1-14-15(2)24-18(16(3)23(14)30-17(4)29)12-13-26(5,31-24)25(32)28-22-11-10-21(27)19-8-6-7-9-20(19)22/h6-11H,12-13H2,1-5H3,(H,28,32). The number of thiocarbonyl (C=S) groups is 1. The van der Waals surface area contributed by atoms with Gasteiger partial charge in [0.1, 0.15) is 16.5 Å². The molecule has 1 N–H and O–H groups in total. The lowest BCUT2D eigenvalue weighted by atomic mass is 9.87. The zero-order chi connectivity index (χ0) is 23.2. The van der Waals surface area contributed by atoms with Crippen molar-refractivity contribution in [2.24, 2.45) is 0 Å². The van der Waals surface area contributed by atoms with Gasteiger partial charge in [-0.2, -0.15) is 0 Å². The van der Waals surface area contributed by atoms with Crippen molar-refractivity contribution in [2.45, 2.75) is 53.1 Å². The van der Waals surface area contributed by atoms with Crippen LogP contribution >= 0.6 is 23.8 Å². The van der Waals surface area contributed by atoms with Gasteiger partial charge in [0.05, 0.1) is 0 Å². The van der Waals surface area contributed by atoms with Crippen LogP contribution in [-0.2, 0) is 11.2 Å². The van der Waals surface area contributed by atoms with Crippen LogP contribution in [0, 0.1) is 20.8 Å². The summed E-state index contributed by atoms with van der Waals surface area (Å²) in [6.07, 6.45) is 1.48. The van der Waals surface area contributed by atoms with Crippen LogP contribution in [0.15, 0.2) is 36.4 Å². The van der Waals surface area contributed by atoms with E-state index in [1.165, 1.54) is 6.92 Å². The van der Waals surface area contributed by atoms with E-state index in [0.717, 1.165) is 50.9 Å². The van der Waals surface area contributed by atoms with Gasteiger partial charge < -0.3 is 14.8 Å². The van der Waals surface area contributed by atoms with E-state index < -0.39 is 5.60 Å². The molecule has 1 heterocycles. The summed E-state index contributed by atoms with van der Waals surface area (Å²) < 4.78 is 12.1. The number of rotatable bonds is 3. The molecule has 0 spiro atoms. The summed E-state index contributed by atoms with van der Waals surface area (Å²) in [5, 5.41) is 6.11. The number of hydrogen-bond acceptors (Lipinski definition) is 4. The molecule has 0 radical (unpaired) electrons. The minimum absolute atomic E-state index is 0.322. The van der Waals surface area contributed by atoms with Gasteiger partial charge >= 0.3 is 5.97 Å². The van der Waals surface area contributed by atoms with Crippen LogP contribution in [0.3, 0.4) is 0 Å². The third kappa shape index (κ3) is 3.84. The van der Waals surface area contributed by atoms with Crippen molar-refractivity contribution >= 4 is 51.2 Å². The molecule has 1 unspecified atom stereocenters. The molecule has 3 aromatic carbocycles. The number of esters is 1. The summed E-state index contributed by atoms with van der Waals surface area (Å²) in [6, 6.07) is 11.8. The average molecular weight is 468 g/mol. The van der Waals surface area contributed by atoms with Gasteiger partial charge in [-0.25, -0.2) is 0 Å². The Hall–Kier alpha value is -2.63. The Bertz CT molecular complexity index is 1270. The molecule has 0 aliphatic carbocycles. The Labute approximate surface area is 198 Å². The van der Waals surface area contributed by atoms with E-state index in [2.05, 4.69) is 5.32 Å². The van der Waals surface area contributed by atoms with E-state index in [4.69, 9.17) is 33.3 Å². The molecule has 1 atom stereocenters. The SMILES string of the molecule is CC(=O)Oc1c(C)c(C)c2c(c1C)CCC(C)(C(=S)Nc1ccc(Cl)c3ccccc13)O2. The molecule has 0 saturated heterocycles. The van der Waals surface area contributed by atoms with Crippen molar-refractivity contribution in [1.29, 1.82) is 0 Å². The van der Waals surface area contributed by atoms with Crippen molar-refractivity contribution < 1.29 is 14.3 Å². The van der Waals surface area contributed by atoms with Crippen molar-refractivity contribution in [3.63, 3.8) is 0 Å². The molecular weight excluding hydrogens is 442 g/mol. The number of halogens is 1. The number of carbonyl (C=O) groups is 1. The summed E-state index contributed by atoms with van der Waals surface area (Å²) >= 11 is 12.2. The molecule has 32 heavy (non-hydrogen) atoms. The monoisotopic (exact) mass is 467 g/mol. The molecule has 1 aliphatic rings. The Morgan fingerprint density at radius 3 is 2.47 bits per heavy atom. The van der Waals surface area contributed by atoms with Crippen LogP contribution in [0.4, 0.5) is 5.69 Å². The van der Waals surface area contributed by atoms with E-state index in [0.29, 0.717) is 22.2 Å². The maximum Gasteiger partial charge on any atom is 0.308 e. The van der Waals surface area contributed by atoms with Gasteiger partial charge in [-0.1, -0.05) is 48.1 Å². The molecular formula is C26H26ClNO3S. The number of anilines is 1. The summed E-state index contributed by atoms with van der Waals surface area (Å²) in [5.74, 6) is 1.14. The van der Waals surface area contributed by atoms with Gasteiger partial charge in [0.15, 0.2) is 5.60 Å². The number of ether oxygens (including phenoxy) is 2. The van der Waals surface area contributed by atoms with Gasteiger partial charge in [-0.3, -0.25) is 4.79 Å². The summed E-state index contributed by atoms with van der Waals surface area (Å²) in [5.41, 5.74) is 4.12. The molecule has 0 bridgehead atoms. The second kappa shape index (κ2) is 8.38. The number of nitrogens with one attached hydrogen (secondary N) is 1. The Balaban J connectivity index is 1.67. The first-order chi connectivity index (χ1) is 15.1. The van der Waals surface area contributed by atoms with E-state index >= 15 is 0 Å². The topological polar surface area (TPSA) is 47.6 Å². The molecule has 3 aromatic rings. The molecule has 1 aliphatic heterocycles. The van der Waals surface area contributed by atoms with Crippen molar-refractivity contribution in [1.82, 2.24) is 0 Å². The minimum atomic E-state index is -0.671. The summed E-state index contributed by atoms with van der Waals surface area (Å²) in [7, 11) is 0. The predicted molar refractivity (Wildman–Crippen MR) is 134 cm³/mol. The smallest absolute Gasteiger partial charge is 0.308 e. The lowest BCUT2D eigenvalue weighted by Gasteiger charge is -2.38. The Kier molecular flexibility index (Phi) is 5.91. The van der Waals surface area contributed by atoms with Crippen LogP contribution in [0.25, 0.3) is 10.8 Å². The molecule has 6 heteroatoms. The van der Waals surface area contributed by atoms with Crippen LogP contribution in [0.5, 0.6) is 11.5 Å². The average Bonchev–Trinajstić information content (AvgIpc) is 2.77. The normalized spacial score (nSPS) is 17.4. The Morgan fingerprint density at radius 1 is 1.09 bits per heavy atom. The maximum atomic E-state index is 11.6. The first kappa shape index (κ1) is 22.6.